The SMILES string of the molecule is CSCCNC(=O)c1ccc(C#CCO)c(F)c1. The van der Waals surface area contributed by atoms with Crippen LogP contribution in [0.1, 0.15) is 15.9 Å². The largest absolute Gasteiger partial charge is 0.384 e. The molecule has 0 radical (unpaired) electrons. The maximum Gasteiger partial charge on any atom is 0.251 e. The molecule has 1 aromatic rings. The number of rotatable bonds is 4. The van der Waals surface area contributed by atoms with Gasteiger partial charge < -0.3 is 10.4 Å². The highest BCUT2D eigenvalue weighted by atomic mass is 32.2. The molecule has 96 valence electrons. The van der Waals surface area contributed by atoms with Crippen LogP contribution in [0.4, 0.5) is 4.39 Å². The van der Waals surface area contributed by atoms with Gasteiger partial charge in [-0.15, -0.1) is 0 Å². The van der Waals surface area contributed by atoms with Crippen LogP contribution in [0.2, 0.25) is 0 Å². The number of carbonyl (C=O) groups excluding carboxylic acids is 1. The Hall–Kier alpha value is -1.51. The van der Waals surface area contributed by atoms with E-state index in [9.17, 15) is 9.18 Å². The van der Waals surface area contributed by atoms with Crippen LogP contribution in [-0.2, 0) is 0 Å². The Balaban J connectivity index is 2.74. The van der Waals surface area contributed by atoms with Gasteiger partial charge in [0.05, 0.1) is 5.56 Å². The number of hydrogen-bond donors (Lipinski definition) is 2. The molecule has 0 aromatic heterocycles. The number of nitrogens with one attached hydrogen (secondary N) is 1. The third-order valence-corrected chi connectivity index (χ3v) is 2.74. The smallest absolute Gasteiger partial charge is 0.251 e. The van der Waals surface area contributed by atoms with Crippen LogP contribution in [0.15, 0.2) is 18.2 Å². The average Bonchev–Trinajstić information content (AvgIpc) is 2.37. The van der Waals surface area contributed by atoms with E-state index in [0.29, 0.717) is 6.54 Å². The highest BCUT2D eigenvalue weighted by Crippen LogP contribution is 2.09. The summed E-state index contributed by atoms with van der Waals surface area (Å²) in [4.78, 5) is 11.6. The molecule has 2 N–H and O–H groups in total. The van der Waals surface area contributed by atoms with E-state index in [1.165, 1.54) is 12.1 Å². The van der Waals surface area contributed by atoms with Gasteiger partial charge in [-0.1, -0.05) is 11.8 Å². The van der Waals surface area contributed by atoms with Crippen molar-refractivity contribution in [2.24, 2.45) is 0 Å². The fourth-order valence-electron chi connectivity index (χ4n) is 1.26. The second kappa shape index (κ2) is 7.75. The van der Waals surface area contributed by atoms with Crippen LogP contribution >= 0.6 is 11.8 Å². The van der Waals surface area contributed by atoms with Gasteiger partial charge in [0.1, 0.15) is 12.4 Å². The summed E-state index contributed by atoms with van der Waals surface area (Å²) in [6.07, 6.45) is 1.94. The molecular weight excluding hydrogens is 253 g/mol. The number of hydrogen-bond acceptors (Lipinski definition) is 3. The highest BCUT2D eigenvalue weighted by molar-refractivity contribution is 7.98. The van der Waals surface area contributed by atoms with E-state index in [0.717, 1.165) is 11.8 Å². The lowest BCUT2D eigenvalue weighted by atomic mass is 10.1. The lowest BCUT2D eigenvalue weighted by Gasteiger charge is -2.04. The van der Waals surface area contributed by atoms with Crippen LogP contribution in [-0.4, -0.2) is 36.2 Å². The normalized spacial score (nSPS) is 9.50. The minimum atomic E-state index is -0.562. The zero-order valence-electron chi connectivity index (χ0n) is 10.00. The van der Waals surface area contributed by atoms with E-state index in [2.05, 4.69) is 17.2 Å². The van der Waals surface area contributed by atoms with Gasteiger partial charge in [0, 0.05) is 17.9 Å². The van der Waals surface area contributed by atoms with E-state index in [4.69, 9.17) is 5.11 Å². The molecule has 0 unspecified atom stereocenters. The summed E-state index contributed by atoms with van der Waals surface area (Å²) in [6, 6.07) is 4.09. The fraction of sp³-hybridized carbons (Fsp3) is 0.308. The number of aliphatic hydroxyl groups is 1. The topological polar surface area (TPSA) is 49.3 Å². The van der Waals surface area contributed by atoms with Gasteiger partial charge in [0.15, 0.2) is 0 Å². The minimum absolute atomic E-state index is 0.171. The Kier molecular flexibility index (Phi) is 6.26. The maximum atomic E-state index is 13.6. The van der Waals surface area contributed by atoms with Crippen LogP contribution in [0.3, 0.4) is 0 Å². The molecule has 0 saturated carbocycles. The van der Waals surface area contributed by atoms with Crippen LogP contribution in [0, 0.1) is 17.7 Å². The molecule has 1 aromatic carbocycles. The molecular formula is C13H14FNO2S. The van der Waals surface area contributed by atoms with Crippen molar-refractivity contribution in [1.29, 1.82) is 0 Å². The second-order valence-electron chi connectivity index (χ2n) is 3.40. The first kappa shape index (κ1) is 14.6. The molecule has 0 aliphatic rings. The Morgan fingerprint density at radius 3 is 2.94 bits per heavy atom. The van der Waals surface area contributed by atoms with Crippen molar-refractivity contribution in [2.45, 2.75) is 0 Å². The van der Waals surface area contributed by atoms with Crippen LogP contribution in [0.25, 0.3) is 0 Å². The van der Waals surface area contributed by atoms with Gasteiger partial charge >= 0.3 is 0 Å². The van der Waals surface area contributed by atoms with Gasteiger partial charge in [-0.05, 0) is 24.5 Å². The second-order valence-corrected chi connectivity index (χ2v) is 4.39. The number of halogens is 1. The van der Waals surface area contributed by atoms with Gasteiger partial charge in [0.2, 0.25) is 0 Å². The summed E-state index contributed by atoms with van der Waals surface area (Å²) >= 11 is 1.62. The van der Waals surface area contributed by atoms with E-state index in [1.54, 1.807) is 11.8 Å². The first-order valence-electron chi connectivity index (χ1n) is 5.35. The van der Waals surface area contributed by atoms with Crippen LogP contribution < -0.4 is 5.32 Å². The third kappa shape index (κ3) is 4.40. The van der Waals surface area contributed by atoms with Crippen molar-refractivity contribution in [2.75, 3.05) is 25.2 Å². The average molecular weight is 267 g/mol. The number of carbonyl (C=O) groups is 1. The predicted octanol–water partition coefficient (Wildman–Crippen LogP) is 1.26. The summed E-state index contributed by atoms with van der Waals surface area (Å²) in [5.41, 5.74) is 0.438. The highest BCUT2D eigenvalue weighted by Gasteiger charge is 2.08. The van der Waals surface area contributed by atoms with Gasteiger partial charge in [-0.25, -0.2) is 4.39 Å². The molecule has 1 amide bonds. The molecule has 0 aliphatic carbocycles. The summed E-state index contributed by atoms with van der Waals surface area (Å²) in [5.74, 6) is 4.78. The molecule has 0 heterocycles. The fourth-order valence-corrected chi connectivity index (χ4v) is 1.57. The quantitative estimate of drug-likeness (QED) is 0.638. The summed E-state index contributed by atoms with van der Waals surface area (Å²) in [7, 11) is 0. The Morgan fingerprint density at radius 2 is 2.33 bits per heavy atom. The standard InChI is InChI=1S/C13H14FNO2S/c1-18-8-6-15-13(17)11-5-4-10(3-2-7-16)12(14)9-11/h4-5,9,16H,6-8H2,1H3,(H,15,17). The van der Waals surface area contributed by atoms with Gasteiger partial charge in [0.25, 0.3) is 5.91 Å². The summed E-state index contributed by atoms with van der Waals surface area (Å²) < 4.78 is 13.6. The van der Waals surface area contributed by atoms with Crippen molar-refractivity contribution < 1.29 is 14.3 Å². The zero-order valence-corrected chi connectivity index (χ0v) is 10.8. The van der Waals surface area contributed by atoms with E-state index in [1.807, 2.05) is 6.26 Å². The molecule has 1 rings (SSSR count). The molecule has 0 aliphatic heterocycles. The molecule has 18 heavy (non-hydrogen) atoms. The number of benzene rings is 1. The van der Waals surface area contributed by atoms with Crippen molar-refractivity contribution in [3.05, 3.63) is 35.1 Å². The lowest BCUT2D eigenvalue weighted by Crippen LogP contribution is -2.25. The monoisotopic (exact) mass is 267 g/mol. The first-order chi connectivity index (χ1) is 8.69. The van der Waals surface area contributed by atoms with E-state index >= 15 is 0 Å². The third-order valence-electron chi connectivity index (χ3n) is 2.13. The van der Waals surface area contributed by atoms with Crippen molar-refractivity contribution in [3.63, 3.8) is 0 Å². The molecule has 3 nitrogen and oxygen atoms in total. The Bertz CT molecular complexity index is 480. The Labute approximate surface area is 110 Å². The molecule has 5 heteroatoms. The maximum absolute atomic E-state index is 13.6. The van der Waals surface area contributed by atoms with Crippen molar-refractivity contribution in [3.8, 4) is 11.8 Å². The van der Waals surface area contributed by atoms with Gasteiger partial charge in [-0.3, -0.25) is 4.79 Å². The molecule has 0 fully saturated rings. The summed E-state index contributed by atoms with van der Waals surface area (Å²) in [5, 5.41) is 11.2. The zero-order chi connectivity index (χ0) is 13.4. The first-order valence-corrected chi connectivity index (χ1v) is 6.75. The molecule has 0 saturated heterocycles. The number of thioether (sulfide) groups is 1. The summed E-state index contributed by atoms with van der Waals surface area (Å²) in [6.45, 7) is 0.226. The van der Waals surface area contributed by atoms with E-state index < -0.39 is 5.82 Å². The van der Waals surface area contributed by atoms with Gasteiger partial charge in [-0.2, -0.15) is 11.8 Å². The molecule has 0 bridgehead atoms. The number of aliphatic hydroxyl groups excluding tert-OH is 1. The van der Waals surface area contributed by atoms with E-state index in [-0.39, 0.29) is 23.6 Å². The number of amides is 1. The van der Waals surface area contributed by atoms with Crippen molar-refractivity contribution >= 4 is 17.7 Å². The predicted molar refractivity (Wildman–Crippen MR) is 71.1 cm³/mol. The Morgan fingerprint density at radius 1 is 1.56 bits per heavy atom. The minimum Gasteiger partial charge on any atom is -0.384 e. The van der Waals surface area contributed by atoms with Crippen molar-refractivity contribution in [1.82, 2.24) is 5.32 Å². The van der Waals surface area contributed by atoms with Crippen LogP contribution in [0.5, 0.6) is 0 Å². The lowest BCUT2D eigenvalue weighted by molar-refractivity contribution is 0.0955. The molecule has 0 spiro atoms. The molecule has 0 atom stereocenters.